The molecule has 0 N–H and O–H groups in total. The van der Waals surface area contributed by atoms with Gasteiger partial charge in [-0.05, 0) is 20.8 Å². The Balaban J connectivity index is 4.25. The molecule has 0 atom stereocenters. The highest BCUT2D eigenvalue weighted by Gasteiger charge is 2.18. The molecule has 0 rings (SSSR count). The highest BCUT2D eigenvalue weighted by Crippen LogP contribution is 2.08. The van der Waals surface area contributed by atoms with Crippen LogP contribution in [0.15, 0.2) is 0 Å². The van der Waals surface area contributed by atoms with Gasteiger partial charge in [0.25, 0.3) is 0 Å². The van der Waals surface area contributed by atoms with E-state index in [0.717, 1.165) is 0 Å². The van der Waals surface area contributed by atoms with Gasteiger partial charge in [0.1, 0.15) is 12.2 Å². The van der Waals surface area contributed by atoms with Crippen molar-refractivity contribution in [3.63, 3.8) is 0 Å². The zero-order valence-electron chi connectivity index (χ0n) is 14.5. The highest BCUT2D eigenvalue weighted by molar-refractivity contribution is 5.70. The first kappa shape index (κ1) is 21.2. The highest BCUT2D eigenvalue weighted by atomic mass is 16.7. The lowest BCUT2D eigenvalue weighted by Gasteiger charge is -2.22. The maximum Gasteiger partial charge on any atom is 0.508 e. The summed E-state index contributed by atoms with van der Waals surface area (Å²) in [5.74, 6) is -0.692. The number of nitrogens with zero attached hydrogens (tertiary/aromatic N) is 1. The maximum atomic E-state index is 11.5. The van der Waals surface area contributed by atoms with Gasteiger partial charge in [0.2, 0.25) is 0 Å². The summed E-state index contributed by atoms with van der Waals surface area (Å²) in [5.41, 5.74) is -0.619. The molecule has 0 amide bonds. The second kappa shape index (κ2) is 10.8. The predicted octanol–water partition coefficient (Wildman–Crippen LogP) is 1.37. The van der Waals surface area contributed by atoms with Gasteiger partial charge in [-0.15, -0.1) is 0 Å². The molecule has 8 heteroatoms. The monoisotopic (exact) mass is 333 g/mol. The average molecular weight is 333 g/mol. The third-order valence-electron chi connectivity index (χ3n) is 2.74. The number of carbonyl (C=O) groups excluding carboxylic acids is 3. The zero-order chi connectivity index (χ0) is 17.9. The van der Waals surface area contributed by atoms with Crippen LogP contribution in [0.1, 0.15) is 33.6 Å². The summed E-state index contributed by atoms with van der Waals surface area (Å²) in [4.78, 5) is 35.7. The number of rotatable bonds is 9. The lowest BCUT2D eigenvalue weighted by molar-refractivity contribution is -0.141. The van der Waals surface area contributed by atoms with Crippen LogP contribution in [-0.4, -0.2) is 69.1 Å². The van der Waals surface area contributed by atoms with E-state index >= 15 is 0 Å². The van der Waals surface area contributed by atoms with Gasteiger partial charge >= 0.3 is 18.1 Å². The first-order valence-corrected chi connectivity index (χ1v) is 7.39. The quantitative estimate of drug-likeness (QED) is 0.461. The minimum atomic E-state index is -0.751. The summed E-state index contributed by atoms with van der Waals surface area (Å²) in [6, 6.07) is 0. The third kappa shape index (κ3) is 12.4. The molecular weight excluding hydrogens is 306 g/mol. The molecule has 0 heterocycles. The van der Waals surface area contributed by atoms with Crippen molar-refractivity contribution in [1.82, 2.24) is 4.90 Å². The molecular formula is C15H27NO7. The number of ether oxygens (including phenoxy) is 4. The largest absolute Gasteiger partial charge is 0.508 e. The van der Waals surface area contributed by atoms with E-state index in [4.69, 9.17) is 9.47 Å². The van der Waals surface area contributed by atoms with E-state index in [9.17, 15) is 14.4 Å². The second-order valence-electron chi connectivity index (χ2n) is 5.81. The molecule has 0 aliphatic rings. The molecule has 0 bridgehead atoms. The summed E-state index contributed by atoms with van der Waals surface area (Å²) >= 11 is 0. The second-order valence-corrected chi connectivity index (χ2v) is 5.81. The van der Waals surface area contributed by atoms with Gasteiger partial charge < -0.3 is 18.9 Å². The van der Waals surface area contributed by atoms with Crippen LogP contribution in [0.4, 0.5) is 4.79 Å². The Morgan fingerprint density at radius 2 is 1.35 bits per heavy atom. The van der Waals surface area contributed by atoms with Crippen molar-refractivity contribution in [2.75, 3.05) is 40.5 Å². The van der Waals surface area contributed by atoms with Crippen LogP contribution in [0.3, 0.4) is 0 Å². The minimum absolute atomic E-state index is 0.0945. The van der Waals surface area contributed by atoms with Gasteiger partial charge in [0.05, 0.1) is 27.1 Å². The van der Waals surface area contributed by atoms with Gasteiger partial charge in [-0.2, -0.15) is 0 Å². The van der Waals surface area contributed by atoms with Crippen molar-refractivity contribution in [3.05, 3.63) is 0 Å². The third-order valence-corrected chi connectivity index (χ3v) is 2.74. The molecule has 8 nitrogen and oxygen atoms in total. The summed E-state index contributed by atoms with van der Waals surface area (Å²) in [7, 11) is 2.62. The van der Waals surface area contributed by atoms with Gasteiger partial charge in [-0.25, -0.2) is 4.79 Å². The molecule has 0 fully saturated rings. The van der Waals surface area contributed by atoms with Crippen molar-refractivity contribution in [2.45, 2.75) is 39.2 Å². The van der Waals surface area contributed by atoms with E-state index in [2.05, 4.69) is 9.47 Å². The standard InChI is InChI=1S/C15H27NO7/c1-15(2,3)23-14(19)22-11-10-16(8-6-12(17)20-4)9-7-13(18)21-5/h6-11H2,1-5H3. The maximum absolute atomic E-state index is 11.5. The topological polar surface area (TPSA) is 91.4 Å². The molecule has 0 saturated heterocycles. The van der Waals surface area contributed by atoms with Crippen LogP contribution in [0.5, 0.6) is 0 Å². The Morgan fingerprint density at radius 1 is 0.870 bits per heavy atom. The number of hydrogen-bond donors (Lipinski definition) is 0. The number of hydrogen-bond acceptors (Lipinski definition) is 8. The fraction of sp³-hybridized carbons (Fsp3) is 0.800. The fourth-order valence-electron chi connectivity index (χ4n) is 1.58. The van der Waals surface area contributed by atoms with Crippen molar-refractivity contribution in [3.8, 4) is 0 Å². The predicted molar refractivity (Wildman–Crippen MR) is 81.9 cm³/mol. The molecule has 23 heavy (non-hydrogen) atoms. The van der Waals surface area contributed by atoms with Crippen LogP contribution >= 0.6 is 0 Å². The first-order valence-electron chi connectivity index (χ1n) is 7.39. The smallest absolute Gasteiger partial charge is 0.469 e. The zero-order valence-corrected chi connectivity index (χ0v) is 14.5. The number of carbonyl (C=O) groups is 3. The van der Waals surface area contributed by atoms with Crippen molar-refractivity contribution in [2.24, 2.45) is 0 Å². The summed E-state index contributed by atoms with van der Waals surface area (Å²) < 4.78 is 19.2. The van der Waals surface area contributed by atoms with E-state index in [1.54, 1.807) is 20.8 Å². The Bertz CT molecular complexity index is 370. The van der Waals surface area contributed by atoms with Crippen molar-refractivity contribution >= 4 is 18.1 Å². The van der Waals surface area contributed by atoms with Gasteiger partial charge in [-0.1, -0.05) is 0 Å². The summed E-state index contributed by atoms with van der Waals surface area (Å²) in [6.07, 6.45) is -0.382. The van der Waals surface area contributed by atoms with Crippen LogP contribution in [0, 0.1) is 0 Å². The average Bonchev–Trinajstić information content (AvgIpc) is 2.46. The molecule has 0 saturated carbocycles. The van der Waals surface area contributed by atoms with Crippen LogP contribution < -0.4 is 0 Å². The van der Waals surface area contributed by atoms with Crippen molar-refractivity contribution < 1.29 is 33.3 Å². The van der Waals surface area contributed by atoms with Gasteiger partial charge in [-0.3, -0.25) is 14.5 Å². The van der Waals surface area contributed by atoms with E-state index in [1.165, 1.54) is 14.2 Å². The Hall–Kier alpha value is -1.83. The molecule has 0 aromatic heterocycles. The molecule has 0 radical (unpaired) electrons. The van der Waals surface area contributed by atoms with E-state index < -0.39 is 11.8 Å². The molecule has 0 aromatic carbocycles. The van der Waals surface area contributed by atoms with E-state index in [1.807, 2.05) is 4.90 Å². The number of esters is 2. The lowest BCUT2D eigenvalue weighted by Crippen LogP contribution is -2.33. The molecule has 0 unspecified atom stereocenters. The fourth-order valence-corrected chi connectivity index (χ4v) is 1.58. The molecule has 0 aliphatic heterocycles. The number of methoxy groups -OCH3 is 2. The van der Waals surface area contributed by atoms with Crippen LogP contribution in [-0.2, 0) is 28.5 Å². The molecule has 134 valence electrons. The van der Waals surface area contributed by atoms with E-state index in [0.29, 0.717) is 19.6 Å². The minimum Gasteiger partial charge on any atom is -0.469 e. The Kier molecular flexibility index (Phi) is 9.96. The lowest BCUT2D eigenvalue weighted by atomic mass is 10.2. The summed E-state index contributed by atoms with van der Waals surface area (Å²) in [6.45, 7) is 6.47. The van der Waals surface area contributed by atoms with Gasteiger partial charge in [0.15, 0.2) is 0 Å². The van der Waals surface area contributed by atoms with Crippen molar-refractivity contribution in [1.29, 1.82) is 0 Å². The normalized spacial score (nSPS) is 11.0. The Morgan fingerprint density at radius 3 is 1.74 bits per heavy atom. The Labute approximate surface area is 137 Å². The van der Waals surface area contributed by atoms with Crippen LogP contribution in [0.25, 0.3) is 0 Å². The van der Waals surface area contributed by atoms with Gasteiger partial charge in [0, 0.05) is 19.6 Å². The molecule has 0 aromatic rings. The molecule has 0 aliphatic carbocycles. The SMILES string of the molecule is COC(=O)CCN(CCOC(=O)OC(C)(C)C)CCC(=O)OC. The van der Waals surface area contributed by atoms with E-state index in [-0.39, 0.29) is 31.4 Å². The summed E-state index contributed by atoms with van der Waals surface area (Å²) in [5, 5.41) is 0. The van der Waals surface area contributed by atoms with Crippen LogP contribution in [0.2, 0.25) is 0 Å². The first-order chi connectivity index (χ1) is 10.7. The molecule has 0 spiro atoms.